The van der Waals surface area contributed by atoms with Gasteiger partial charge >= 0.3 is 5.97 Å². The van der Waals surface area contributed by atoms with E-state index in [1.165, 1.54) is 20.0 Å². The summed E-state index contributed by atoms with van der Waals surface area (Å²) in [5.74, 6) is -0.159. The fourth-order valence-corrected chi connectivity index (χ4v) is 1.12. The summed E-state index contributed by atoms with van der Waals surface area (Å²) in [7, 11) is 3.21. The fraction of sp³-hybridized carbons (Fsp3) is 0.889. The molecule has 0 aromatic carbocycles. The minimum Gasteiger partial charge on any atom is -0.468 e. The summed E-state index contributed by atoms with van der Waals surface area (Å²) in [5.41, 5.74) is 0. The van der Waals surface area contributed by atoms with Crippen LogP contribution in [0.5, 0.6) is 0 Å². The number of carbonyl (C=O) groups excluding carboxylic acids is 1. The molecular formula is C9H19NO2S2. The number of nitrogens with one attached hydrogen (secondary N) is 1. The van der Waals surface area contributed by atoms with Crippen molar-refractivity contribution >= 4 is 28.3 Å². The first-order chi connectivity index (χ1) is 6.76. The van der Waals surface area contributed by atoms with Crippen molar-refractivity contribution in [2.75, 3.05) is 14.2 Å². The number of ether oxygens (including phenoxy) is 1. The number of unbranched alkanes of at least 4 members (excludes halogenated alkanes) is 2. The van der Waals surface area contributed by atoms with Gasteiger partial charge < -0.3 is 10.1 Å². The first-order valence-corrected chi connectivity index (χ1v) is 6.01. The number of esters is 1. The number of carbonyl (C=O) groups is 1. The van der Waals surface area contributed by atoms with E-state index < -0.39 is 0 Å². The van der Waals surface area contributed by atoms with Crippen molar-refractivity contribution in [3.8, 4) is 0 Å². The molecule has 0 fully saturated rings. The molecule has 0 unspecified atom stereocenters. The molecule has 0 aliphatic rings. The third kappa shape index (κ3) is 8.47. The Morgan fingerprint density at radius 1 is 1.43 bits per heavy atom. The number of methoxy groups -OCH3 is 1. The van der Waals surface area contributed by atoms with E-state index in [9.17, 15) is 4.79 Å². The fourth-order valence-electron chi connectivity index (χ4n) is 1.12. The average Bonchev–Trinajstić information content (AvgIpc) is 2.26. The van der Waals surface area contributed by atoms with Gasteiger partial charge in [-0.2, -0.15) is 0 Å². The lowest BCUT2D eigenvalue weighted by molar-refractivity contribution is -0.143. The van der Waals surface area contributed by atoms with Gasteiger partial charge in [0.1, 0.15) is 6.04 Å². The summed E-state index contributed by atoms with van der Waals surface area (Å²) >= 11 is 7.33. The monoisotopic (exact) mass is 237 g/mol. The Hall–Kier alpha value is -0.130. The molecule has 0 aromatic heterocycles. The summed E-state index contributed by atoms with van der Waals surface area (Å²) in [6.07, 6.45) is 4.31. The molecule has 0 saturated carbocycles. The zero-order chi connectivity index (χ0) is 11.4. The highest BCUT2D eigenvalue weighted by Crippen LogP contribution is 2.03. The molecule has 0 aliphatic heterocycles. The molecule has 0 saturated heterocycles. The van der Waals surface area contributed by atoms with Crippen LogP contribution in [0, 0.1) is 0 Å². The largest absolute Gasteiger partial charge is 0.468 e. The van der Waals surface area contributed by atoms with Crippen LogP contribution >= 0.6 is 0 Å². The second-order valence-electron chi connectivity index (χ2n) is 2.86. The summed E-state index contributed by atoms with van der Waals surface area (Å²) in [4.78, 5) is 11.1. The average molecular weight is 237 g/mol. The third-order valence-electron chi connectivity index (χ3n) is 1.93. The van der Waals surface area contributed by atoms with Crippen molar-refractivity contribution in [2.24, 2.45) is 0 Å². The zero-order valence-corrected chi connectivity index (χ0v) is 10.7. The first kappa shape index (κ1) is 16.3. The maximum Gasteiger partial charge on any atom is 0.322 e. The molecule has 0 bridgehead atoms. The Morgan fingerprint density at radius 3 is 2.36 bits per heavy atom. The van der Waals surface area contributed by atoms with Crippen LogP contribution in [0.1, 0.15) is 32.6 Å². The van der Waals surface area contributed by atoms with E-state index in [1.807, 2.05) is 0 Å². The quantitative estimate of drug-likeness (QED) is 0.557. The van der Waals surface area contributed by atoms with E-state index in [-0.39, 0.29) is 12.0 Å². The highest BCUT2D eigenvalue weighted by Gasteiger charge is 2.15. The van der Waals surface area contributed by atoms with Crippen molar-refractivity contribution in [1.29, 1.82) is 0 Å². The SMILES string of the molecule is CCCCC[C@H](NC)C(=O)OC.S=S. The topological polar surface area (TPSA) is 38.3 Å². The molecule has 0 amide bonds. The smallest absolute Gasteiger partial charge is 0.322 e. The van der Waals surface area contributed by atoms with Gasteiger partial charge in [-0.15, -0.1) is 0 Å². The minimum atomic E-state index is -0.159. The Labute approximate surface area is 96.3 Å². The molecule has 84 valence electrons. The van der Waals surface area contributed by atoms with Crippen LogP contribution in [-0.4, -0.2) is 26.2 Å². The van der Waals surface area contributed by atoms with Gasteiger partial charge in [0.25, 0.3) is 0 Å². The Bertz CT molecular complexity index is 145. The van der Waals surface area contributed by atoms with E-state index in [1.54, 1.807) is 7.05 Å². The van der Waals surface area contributed by atoms with E-state index in [0.29, 0.717) is 0 Å². The molecule has 5 heteroatoms. The van der Waals surface area contributed by atoms with E-state index in [0.717, 1.165) is 12.8 Å². The van der Waals surface area contributed by atoms with Gasteiger partial charge in [-0.05, 0) is 13.5 Å². The molecule has 0 rings (SSSR count). The van der Waals surface area contributed by atoms with Crippen LogP contribution in [0.2, 0.25) is 0 Å². The van der Waals surface area contributed by atoms with Gasteiger partial charge in [0.05, 0.1) is 7.11 Å². The molecule has 1 atom stereocenters. The summed E-state index contributed by atoms with van der Waals surface area (Å²) < 4.78 is 4.63. The van der Waals surface area contributed by atoms with Gasteiger partial charge in [0.2, 0.25) is 0 Å². The van der Waals surface area contributed by atoms with Crippen LogP contribution < -0.4 is 5.32 Å². The molecule has 0 heterocycles. The lowest BCUT2D eigenvalue weighted by atomic mass is 10.1. The molecule has 0 aromatic rings. The number of rotatable bonds is 6. The van der Waals surface area contributed by atoms with E-state index in [4.69, 9.17) is 0 Å². The van der Waals surface area contributed by atoms with Crippen molar-refractivity contribution in [2.45, 2.75) is 38.6 Å². The third-order valence-corrected chi connectivity index (χ3v) is 1.93. The maximum atomic E-state index is 11.1. The lowest BCUT2D eigenvalue weighted by Gasteiger charge is -2.12. The number of hydrogen-bond acceptors (Lipinski definition) is 5. The predicted molar refractivity (Wildman–Crippen MR) is 63.7 cm³/mol. The minimum absolute atomic E-state index is 0.124. The van der Waals surface area contributed by atoms with Crippen LogP contribution in [0.3, 0.4) is 0 Å². The molecule has 0 spiro atoms. The van der Waals surface area contributed by atoms with Gasteiger partial charge in [0.15, 0.2) is 0 Å². The summed E-state index contributed by atoms with van der Waals surface area (Å²) in [6, 6.07) is -0.124. The standard InChI is InChI=1S/C9H19NO2.S2/c1-4-5-6-7-8(10-2)9(11)12-3;1-2/h8,10H,4-7H2,1-3H3;/t8-;/m0./s1. The molecular weight excluding hydrogens is 218 g/mol. The van der Waals surface area contributed by atoms with E-state index in [2.05, 4.69) is 39.4 Å². The highest BCUT2D eigenvalue weighted by molar-refractivity contribution is 8.07. The number of likely N-dealkylation sites (N-methyl/N-ethyl adjacent to an activating group) is 1. The lowest BCUT2D eigenvalue weighted by Crippen LogP contribution is -2.34. The van der Waals surface area contributed by atoms with Gasteiger partial charge in [-0.1, -0.05) is 26.2 Å². The normalized spacial score (nSPS) is 11.1. The van der Waals surface area contributed by atoms with Crippen molar-refractivity contribution < 1.29 is 9.53 Å². The second-order valence-corrected chi connectivity index (χ2v) is 2.86. The van der Waals surface area contributed by atoms with Crippen LogP contribution in [0.25, 0.3) is 0 Å². The predicted octanol–water partition coefficient (Wildman–Crippen LogP) is 1.32. The Balaban J connectivity index is 0. The Kier molecular flexibility index (Phi) is 15.0. The molecule has 0 radical (unpaired) electrons. The second kappa shape index (κ2) is 12.9. The number of hydrogen-bond donors (Lipinski definition) is 1. The first-order valence-electron chi connectivity index (χ1n) is 4.68. The van der Waals surface area contributed by atoms with Gasteiger partial charge in [-0.25, -0.2) is 0 Å². The van der Waals surface area contributed by atoms with E-state index >= 15 is 0 Å². The molecule has 14 heavy (non-hydrogen) atoms. The zero-order valence-electron chi connectivity index (χ0n) is 9.04. The maximum absolute atomic E-state index is 11.1. The Morgan fingerprint density at radius 2 is 2.00 bits per heavy atom. The molecule has 1 N–H and O–H groups in total. The van der Waals surface area contributed by atoms with Crippen LogP contribution in [0.4, 0.5) is 0 Å². The highest BCUT2D eigenvalue weighted by atomic mass is 32.8. The van der Waals surface area contributed by atoms with Crippen LogP contribution in [-0.2, 0) is 31.9 Å². The molecule has 0 aliphatic carbocycles. The van der Waals surface area contributed by atoms with Gasteiger partial charge in [-0.3, -0.25) is 4.79 Å². The molecule has 3 nitrogen and oxygen atoms in total. The van der Waals surface area contributed by atoms with Crippen molar-refractivity contribution in [3.63, 3.8) is 0 Å². The summed E-state index contributed by atoms with van der Waals surface area (Å²) in [5, 5.41) is 2.94. The summed E-state index contributed by atoms with van der Waals surface area (Å²) in [6.45, 7) is 2.15. The van der Waals surface area contributed by atoms with Crippen LogP contribution in [0.15, 0.2) is 0 Å². The van der Waals surface area contributed by atoms with Crippen molar-refractivity contribution in [3.05, 3.63) is 0 Å². The van der Waals surface area contributed by atoms with Crippen molar-refractivity contribution in [1.82, 2.24) is 5.32 Å². The van der Waals surface area contributed by atoms with Gasteiger partial charge in [0, 0.05) is 22.4 Å².